The van der Waals surface area contributed by atoms with Crippen LogP contribution in [-0.4, -0.2) is 42.9 Å². The summed E-state index contributed by atoms with van der Waals surface area (Å²) in [5.74, 6) is 7.23. The van der Waals surface area contributed by atoms with Crippen LogP contribution in [0.3, 0.4) is 0 Å². The Bertz CT molecular complexity index is 430. The third kappa shape index (κ3) is 3.46. The van der Waals surface area contributed by atoms with Crippen molar-refractivity contribution in [2.24, 2.45) is 0 Å². The minimum atomic E-state index is 0.201. The molecular formula is C14H19N3O. The molecule has 0 unspecified atom stereocenters. The van der Waals surface area contributed by atoms with Crippen LogP contribution in [0.4, 0.5) is 5.82 Å². The molecule has 0 aromatic carbocycles. The van der Waals surface area contributed by atoms with Gasteiger partial charge in [0.2, 0.25) is 0 Å². The summed E-state index contributed by atoms with van der Waals surface area (Å²) in [7, 11) is 0. The lowest BCUT2D eigenvalue weighted by Crippen LogP contribution is -2.44. The van der Waals surface area contributed by atoms with Crippen molar-refractivity contribution >= 4 is 5.82 Å². The number of unbranched alkanes of at least 4 members (excludes halogenated alkanes) is 1. The van der Waals surface area contributed by atoms with E-state index in [1.165, 1.54) is 0 Å². The van der Waals surface area contributed by atoms with E-state index in [4.69, 9.17) is 5.11 Å². The number of rotatable bonds is 3. The standard InChI is InChI=1S/C14H19N3O/c18-12-3-1-2-5-13-6-4-7-16-14(13)17-10-8-15-9-11-17/h4,6-7,15,18H,1,3,8-12H2. The van der Waals surface area contributed by atoms with Crippen molar-refractivity contribution < 1.29 is 5.11 Å². The van der Waals surface area contributed by atoms with E-state index >= 15 is 0 Å². The maximum atomic E-state index is 8.73. The van der Waals surface area contributed by atoms with Gasteiger partial charge in [0.05, 0.1) is 5.56 Å². The van der Waals surface area contributed by atoms with Crippen LogP contribution in [0.1, 0.15) is 18.4 Å². The third-order valence-corrected chi connectivity index (χ3v) is 2.89. The molecule has 0 saturated carbocycles. The Morgan fingerprint density at radius 1 is 1.39 bits per heavy atom. The van der Waals surface area contributed by atoms with E-state index in [1.54, 1.807) is 0 Å². The smallest absolute Gasteiger partial charge is 0.144 e. The van der Waals surface area contributed by atoms with Crippen molar-refractivity contribution in [3.8, 4) is 11.8 Å². The van der Waals surface area contributed by atoms with Gasteiger partial charge in [-0.3, -0.25) is 0 Å². The minimum absolute atomic E-state index is 0.201. The molecule has 0 bridgehead atoms. The summed E-state index contributed by atoms with van der Waals surface area (Å²) in [6.45, 7) is 4.14. The monoisotopic (exact) mass is 245 g/mol. The van der Waals surface area contributed by atoms with Crippen LogP contribution in [0.2, 0.25) is 0 Å². The highest BCUT2D eigenvalue weighted by Gasteiger charge is 2.13. The Hall–Kier alpha value is -1.57. The number of nitrogens with one attached hydrogen (secondary N) is 1. The van der Waals surface area contributed by atoms with Crippen molar-refractivity contribution in [1.82, 2.24) is 10.3 Å². The molecule has 0 amide bonds. The first kappa shape index (κ1) is 12.9. The van der Waals surface area contributed by atoms with Gasteiger partial charge in [0.1, 0.15) is 5.82 Å². The summed E-state index contributed by atoms with van der Waals surface area (Å²) in [4.78, 5) is 6.72. The molecule has 0 radical (unpaired) electrons. The third-order valence-electron chi connectivity index (χ3n) is 2.89. The molecule has 1 aromatic heterocycles. The Labute approximate surface area is 108 Å². The molecule has 1 aliphatic heterocycles. The van der Waals surface area contributed by atoms with E-state index < -0.39 is 0 Å². The zero-order valence-corrected chi connectivity index (χ0v) is 10.5. The normalized spacial score (nSPS) is 15.1. The molecule has 1 fully saturated rings. The van der Waals surface area contributed by atoms with Gasteiger partial charge in [0, 0.05) is 45.4 Å². The van der Waals surface area contributed by atoms with Crippen molar-refractivity contribution in [2.75, 3.05) is 37.7 Å². The Balaban J connectivity index is 2.10. The van der Waals surface area contributed by atoms with Crippen LogP contribution in [-0.2, 0) is 0 Å². The summed E-state index contributed by atoms with van der Waals surface area (Å²) < 4.78 is 0. The van der Waals surface area contributed by atoms with Crippen LogP contribution >= 0.6 is 0 Å². The second kappa shape index (κ2) is 7.00. The SMILES string of the molecule is OCCCC#Cc1cccnc1N1CCNCC1. The molecule has 4 heteroatoms. The van der Waals surface area contributed by atoms with E-state index in [9.17, 15) is 0 Å². The number of hydrogen-bond acceptors (Lipinski definition) is 4. The summed E-state index contributed by atoms with van der Waals surface area (Å²) in [5, 5.41) is 12.1. The highest BCUT2D eigenvalue weighted by molar-refractivity contribution is 5.55. The first-order chi connectivity index (χ1) is 8.92. The number of pyridine rings is 1. The predicted molar refractivity (Wildman–Crippen MR) is 72.5 cm³/mol. The summed E-state index contributed by atoms with van der Waals surface area (Å²) in [6, 6.07) is 3.93. The lowest BCUT2D eigenvalue weighted by atomic mass is 10.2. The van der Waals surface area contributed by atoms with Crippen LogP contribution in [0, 0.1) is 11.8 Å². The average molecular weight is 245 g/mol. The number of piperazine rings is 1. The Morgan fingerprint density at radius 3 is 3.00 bits per heavy atom. The molecule has 2 N–H and O–H groups in total. The molecule has 4 nitrogen and oxygen atoms in total. The number of anilines is 1. The van der Waals surface area contributed by atoms with Crippen molar-refractivity contribution in [3.63, 3.8) is 0 Å². The van der Waals surface area contributed by atoms with Gasteiger partial charge in [0.15, 0.2) is 0 Å². The first-order valence-electron chi connectivity index (χ1n) is 6.42. The highest BCUT2D eigenvalue weighted by atomic mass is 16.2. The molecule has 0 atom stereocenters. The molecule has 18 heavy (non-hydrogen) atoms. The lowest BCUT2D eigenvalue weighted by Gasteiger charge is -2.29. The number of hydrogen-bond donors (Lipinski definition) is 2. The number of aromatic nitrogens is 1. The molecule has 1 aromatic rings. The molecule has 0 spiro atoms. The molecule has 2 rings (SSSR count). The van der Waals surface area contributed by atoms with E-state index in [0.717, 1.165) is 50.4 Å². The van der Waals surface area contributed by atoms with Crippen LogP contribution in [0.15, 0.2) is 18.3 Å². The van der Waals surface area contributed by atoms with Gasteiger partial charge in [0.25, 0.3) is 0 Å². The second-order valence-electron chi connectivity index (χ2n) is 4.24. The maximum Gasteiger partial charge on any atom is 0.144 e. The van der Waals surface area contributed by atoms with Gasteiger partial charge >= 0.3 is 0 Å². The summed E-state index contributed by atoms with van der Waals surface area (Å²) in [5.41, 5.74) is 0.984. The fraction of sp³-hybridized carbons (Fsp3) is 0.500. The molecule has 96 valence electrons. The van der Waals surface area contributed by atoms with Crippen molar-refractivity contribution in [3.05, 3.63) is 23.9 Å². The largest absolute Gasteiger partial charge is 0.396 e. The Morgan fingerprint density at radius 2 is 2.22 bits per heavy atom. The van der Waals surface area contributed by atoms with Gasteiger partial charge in [-0.25, -0.2) is 4.98 Å². The predicted octanol–water partition coefficient (Wildman–Crippen LogP) is 0.615. The number of nitrogens with zero attached hydrogens (tertiary/aromatic N) is 2. The van der Waals surface area contributed by atoms with E-state index in [1.807, 2.05) is 18.3 Å². The highest BCUT2D eigenvalue weighted by Crippen LogP contribution is 2.16. The van der Waals surface area contributed by atoms with Gasteiger partial charge in [-0.05, 0) is 18.6 Å². The zero-order valence-electron chi connectivity index (χ0n) is 10.5. The fourth-order valence-corrected chi connectivity index (χ4v) is 1.95. The first-order valence-corrected chi connectivity index (χ1v) is 6.42. The molecule has 0 aliphatic carbocycles. The van der Waals surface area contributed by atoms with E-state index in [2.05, 4.69) is 27.0 Å². The molecule has 2 heterocycles. The van der Waals surface area contributed by atoms with Crippen LogP contribution in [0.5, 0.6) is 0 Å². The minimum Gasteiger partial charge on any atom is -0.396 e. The second-order valence-corrected chi connectivity index (χ2v) is 4.24. The zero-order chi connectivity index (χ0) is 12.6. The average Bonchev–Trinajstić information content (AvgIpc) is 2.45. The van der Waals surface area contributed by atoms with Gasteiger partial charge in [-0.2, -0.15) is 0 Å². The fourth-order valence-electron chi connectivity index (χ4n) is 1.95. The Kier molecular flexibility index (Phi) is 5.00. The van der Waals surface area contributed by atoms with Gasteiger partial charge in [-0.1, -0.05) is 11.8 Å². The van der Waals surface area contributed by atoms with E-state index in [-0.39, 0.29) is 6.61 Å². The lowest BCUT2D eigenvalue weighted by molar-refractivity contribution is 0.290. The number of aliphatic hydroxyl groups excluding tert-OH is 1. The van der Waals surface area contributed by atoms with Crippen molar-refractivity contribution in [1.29, 1.82) is 0 Å². The summed E-state index contributed by atoms with van der Waals surface area (Å²) >= 11 is 0. The topological polar surface area (TPSA) is 48.4 Å². The number of aliphatic hydroxyl groups is 1. The maximum absolute atomic E-state index is 8.73. The molecule has 1 aliphatic rings. The van der Waals surface area contributed by atoms with Crippen LogP contribution < -0.4 is 10.2 Å². The van der Waals surface area contributed by atoms with Crippen molar-refractivity contribution in [2.45, 2.75) is 12.8 Å². The summed E-state index contributed by atoms with van der Waals surface area (Å²) in [6.07, 6.45) is 3.28. The van der Waals surface area contributed by atoms with Gasteiger partial charge in [-0.15, -0.1) is 0 Å². The van der Waals surface area contributed by atoms with E-state index in [0.29, 0.717) is 0 Å². The molecule has 1 saturated heterocycles. The quantitative estimate of drug-likeness (QED) is 0.605. The van der Waals surface area contributed by atoms with Crippen LogP contribution in [0.25, 0.3) is 0 Å². The molecular weight excluding hydrogens is 226 g/mol. The van der Waals surface area contributed by atoms with Gasteiger partial charge < -0.3 is 15.3 Å².